The smallest absolute Gasteiger partial charge is 0.315 e. The number of hydrogen-bond donors (Lipinski definition) is 2. The van der Waals surface area contributed by atoms with Gasteiger partial charge in [-0.2, -0.15) is 0 Å². The zero-order chi connectivity index (χ0) is 18.0. The molecule has 6 heteroatoms. The Morgan fingerprint density at radius 1 is 1.40 bits per heavy atom. The predicted octanol–water partition coefficient (Wildman–Crippen LogP) is 2.90. The summed E-state index contributed by atoms with van der Waals surface area (Å²) in [4.78, 5) is 26.1. The van der Waals surface area contributed by atoms with Gasteiger partial charge in [0.05, 0.1) is 6.04 Å². The van der Waals surface area contributed by atoms with Gasteiger partial charge in [-0.3, -0.25) is 4.79 Å². The maximum Gasteiger partial charge on any atom is 0.315 e. The summed E-state index contributed by atoms with van der Waals surface area (Å²) in [6.07, 6.45) is 3.40. The number of benzene rings is 1. The maximum atomic E-state index is 13.7. The molecule has 2 atom stereocenters. The first-order valence-electron chi connectivity index (χ1n) is 9.07. The number of halogens is 1. The summed E-state index contributed by atoms with van der Waals surface area (Å²) in [6.45, 7) is 4.89. The van der Waals surface area contributed by atoms with Crippen LogP contribution in [0, 0.1) is 18.7 Å². The first-order chi connectivity index (χ1) is 12.0. The highest BCUT2D eigenvalue weighted by atomic mass is 19.1. The maximum absolute atomic E-state index is 13.7. The highest BCUT2D eigenvalue weighted by Crippen LogP contribution is 2.32. The molecule has 0 bridgehead atoms. The van der Waals surface area contributed by atoms with Crippen LogP contribution in [0.3, 0.4) is 0 Å². The number of rotatable bonds is 6. The van der Waals surface area contributed by atoms with E-state index in [1.165, 1.54) is 6.07 Å². The van der Waals surface area contributed by atoms with Crippen molar-refractivity contribution >= 4 is 11.9 Å². The first-order valence-corrected chi connectivity index (χ1v) is 9.07. The summed E-state index contributed by atoms with van der Waals surface area (Å²) in [7, 11) is 0. The fourth-order valence-electron chi connectivity index (χ4n) is 3.38. The zero-order valence-corrected chi connectivity index (χ0v) is 14.8. The van der Waals surface area contributed by atoms with Gasteiger partial charge in [0.15, 0.2) is 0 Å². The molecule has 2 fully saturated rings. The van der Waals surface area contributed by atoms with E-state index in [4.69, 9.17) is 0 Å². The van der Waals surface area contributed by atoms with Crippen molar-refractivity contribution in [3.63, 3.8) is 0 Å². The van der Waals surface area contributed by atoms with E-state index in [0.29, 0.717) is 31.0 Å². The topological polar surface area (TPSA) is 61.4 Å². The molecule has 1 saturated heterocycles. The average Bonchev–Trinajstić information content (AvgIpc) is 3.36. The van der Waals surface area contributed by atoms with Gasteiger partial charge in [0.2, 0.25) is 5.91 Å². The number of urea groups is 1. The molecule has 3 rings (SSSR count). The van der Waals surface area contributed by atoms with Gasteiger partial charge in [0.25, 0.3) is 0 Å². The number of carbonyl (C=O) groups is 2. The molecule has 1 aromatic carbocycles. The van der Waals surface area contributed by atoms with Gasteiger partial charge in [-0.05, 0) is 43.4 Å². The van der Waals surface area contributed by atoms with Gasteiger partial charge in [0, 0.05) is 31.5 Å². The number of hydrogen-bond acceptors (Lipinski definition) is 2. The van der Waals surface area contributed by atoms with Gasteiger partial charge in [0.1, 0.15) is 5.82 Å². The molecule has 1 aliphatic carbocycles. The minimum atomic E-state index is -0.273. The molecule has 0 aromatic heterocycles. The monoisotopic (exact) mass is 347 g/mol. The van der Waals surface area contributed by atoms with Crippen LogP contribution in [-0.2, 0) is 4.79 Å². The fraction of sp³-hybridized carbons (Fsp3) is 0.579. The van der Waals surface area contributed by atoms with Crippen LogP contribution in [0.1, 0.15) is 49.8 Å². The Labute approximate surface area is 148 Å². The van der Waals surface area contributed by atoms with Crippen LogP contribution in [-0.4, -0.2) is 36.0 Å². The Balaban J connectivity index is 1.49. The molecule has 1 heterocycles. The van der Waals surface area contributed by atoms with Crippen molar-refractivity contribution in [2.75, 3.05) is 13.1 Å². The van der Waals surface area contributed by atoms with Crippen LogP contribution < -0.4 is 10.6 Å². The molecular formula is C19H26FN3O2. The molecule has 1 aliphatic heterocycles. The lowest BCUT2D eigenvalue weighted by Crippen LogP contribution is -2.40. The van der Waals surface area contributed by atoms with Gasteiger partial charge in [-0.1, -0.05) is 19.1 Å². The number of likely N-dealkylation sites (tertiary alicyclic amines) is 1. The number of nitrogens with one attached hydrogen (secondary N) is 2. The van der Waals surface area contributed by atoms with Gasteiger partial charge >= 0.3 is 6.03 Å². The minimum Gasteiger partial charge on any atom is -0.339 e. The summed E-state index contributed by atoms with van der Waals surface area (Å²) >= 11 is 0. The van der Waals surface area contributed by atoms with Crippen LogP contribution in [0.2, 0.25) is 0 Å². The van der Waals surface area contributed by atoms with Gasteiger partial charge in [-0.15, -0.1) is 0 Å². The van der Waals surface area contributed by atoms with Crippen molar-refractivity contribution in [2.24, 2.45) is 5.92 Å². The van der Waals surface area contributed by atoms with Crippen molar-refractivity contribution in [1.82, 2.24) is 15.5 Å². The first kappa shape index (κ1) is 17.7. The van der Waals surface area contributed by atoms with Gasteiger partial charge < -0.3 is 15.5 Å². The van der Waals surface area contributed by atoms with E-state index in [2.05, 4.69) is 10.6 Å². The summed E-state index contributed by atoms with van der Waals surface area (Å²) in [5.74, 6) is 0.120. The Morgan fingerprint density at radius 2 is 2.16 bits per heavy atom. The van der Waals surface area contributed by atoms with Crippen molar-refractivity contribution in [3.8, 4) is 0 Å². The lowest BCUT2D eigenvalue weighted by atomic mass is 10.0. The molecule has 1 aromatic rings. The normalized spacial score (nSPS) is 21.3. The van der Waals surface area contributed by atoms with Crippen LogP contribution in [0.5, 0.6) is 0 Å². The minimum absolute atomic E-state index is 0.177. The average molecular weight is 347 g/mol. The van der Waals surface area contributed by atoms with Crippen molar-refractivity contribution in [2.45, 2.75) is 51.6 Å². The van der Waals surface area contributed by atoms with E-state index in [1.807, 2.05) is 17.9 Å². The lowest BCUT2D eigenvalue weighted by molar-refractivity contribution is -0.128. The van der Waals surface area contributed by atoms with E-state index in [0.717, 1.165) is 24.9 Å². The van der Waals surface area contributed by atoms with E-state index in [1.54, 1.807) is 13.0 Å². The summed E-state index contributed by atoms with van der Waals surface area (Å²) in [6, 6.07) is 4.98. The number of aryl methyl sites for hydroxylation is 1. The standard InChI is InChI=1S/C19H26FN3O2/c1-3-17(14-5-4-12(2)16(20)9-14)22-19(25)21-10-13-8-18(24)23(11-13)15-6-7-15/h4-5,9,13,15,17H,3,6-8,10-11H2,1-2H3,(H2,21,22,25)/t13-,17+/m1/s1. The Bertz CT molecular complexity index is 660. The highest BCUT2D eigenvalue weighted by Gasteiger charge is 2.39. The quantitative estimate of drug-likeness (QED) is 0.831. The van der Waals surface area contributed by atoms with Crippen LogP contribution in [0.4, 0.5) is 9.18 Å². The van der Waals surface area contributed by atoms with Crippen LogP contribution in [0.15, 0.2) is 18.2 Å². The van der Waals surface area contributed by atoms with Crippen molar-refractivity contribution in [3.05, 3.63) is 35.1 Å². The largest absolute Gasteiger partial charge is 0.339 e. The second-order valence-corrected chi connectivity index (χ2v) is 7.17. The molecule has 25 heavy (non-hydrogen) atoms. The second kappa shape index (κ2) is 7.42. The summed E-state index contributed by atoms with van der Waals surface area (Å²) in [5.41, 5.74) is 1.35. The summed E-state index contributed by atoms with van der Waals surface area (Å²) < 4.78 is 13.7. The molecule has 1 saturated carbocycles. The van der Waals surface area contributed by atoms with Crippen molar-refractivity contribution < 1.29 is 14.0 Å². The van der Waals surface area contributed by atoms with Crippen molar-refractivity contribution in [1.29, 1.82) is 0 Å². The second-order valence-electron chi connectivity index (χ2n) is 7.17. The third-order valence-electron chi connectivity index (χ3n) is 5.09. The molecule has 0 unspecified atom stereocenters. The van der Waals surface area contributed by atoms with E-state index < -0.39 is 0 Å². The number of amides is 3. The summed E-state index contributed by atoms with van der Waals surface area (Å²) in [5, 5.41) is 5.76. The third-order valence-corrected chi connectivity index (χ3v) is 5.09. The third kappa shape index (κ3) is 4.30. The highest BCUT2D eigenvalue weighted by molar-refractivity contribution is 5.79. The van der Waals surface area contributed by atoms with Crippen LogP contribution in [0.25, 0.3) is 0 Å². The molecule has 3 amide bonds. The Morgan fingerprint density at radius 3 is 2.80 bits per heavy atom. The molecule has 0 radical (unpaired) electrons. The Kier molecular flexibility index (Phi) is 5.25. The predicted molar refractivity (Wildman–Crippen MR) is 93.5 cm³/mol. The fourth-order valence-corrected chi connectivity index (χ4v) is 3.38. The SMILES string of the molecule is CC[C@H](NC(=O)NC[C@H]1CC(=O)N(C2CC2)C1)c1ccc(C)c(F)c1. The molecule has 0 spiro atoms. The molecule has 2 N–H and O–H groups in total. The Hall–Kier alpha value is -2.11. The van der Waals surface area contributed by atoms with Gasteiger partial charge in [-0.25, -0.2) is 9.18 Å². The number of carbonyl (C=O) groups excluding carboxylic acids is 2. The molecule has 5 nitrogen and oxygen atoms in total. The zero-order valence-electron chi connectivity index (χ0n) is 14.8. The van der Waals surface area contributed by atoms with Crippen LogP contribution >= 0.6 is 0 Å². The lowest BCUT2D eigenvalue weighted by Gasteiger charge is -2.20. The number of nitrogens with zero attached hydrogens (tertiary/aromatic N) is 1. The molecule has 136 valence electrons. The van der Waals surface area contributed by atoms with E-state index in [-0.39, 0.29) is 29.7 Å². The van der Waals surface area contributed by atoms with E-state index >= 15 is 0 Å². The molecular weight excluding hydrogens is 321 g/mol. The molecule has 2 aliphatic rings. The van der Waals surface area contributed by atoms with E-state index in [9.17, 15) is 14.0 Å².